The van der Waals surface area contributed by atoms with Crippen LogP contribution in [-0.4, -0.2) is 22.8 Å². The molecular formula is C18H17FO4. The first-order valence-electron chi connectivity index (χ1n) is 7.09. The molecule has 0 heterocycles. The van der Waals surface area contributed by atoms with E-state index in [1.54, 1.807) is 26.0 Å². The van der Waals surface area contributed by atoms with Crippen LogP contribution in [0.15, 0.2) is 36.4 Å². The highest BCUT2D eigenvalue weighted by Gasteiger charge is 2.13. The first-order valence-corrected chi connectivity index (χ1v) is 7.09. The number of aryl methyl sites for hydroxylation is 1. The van der Waals surface area contributed by atoms with Crippen molar-refractivity contribution in [2.75, 3.05) is 6.61 Å². The third kappa shape index (κ3) is 3.88. The summed E-state index contributed by atoms with van der Waals surface area (Å²) >= 11 is 0. The molecule has 4 nitrogen and oxygen atoms in total. The summed E-state index contributed by atoms with van der Waals surface area (Å²) in [5.41, 5.74) is 1.20. The molecule has 0 amide bonds. The zero-order chi connectivity index (χ0) is 17.0. The lowest BCUT2D eigenvalue weighted by Gasteiger charge is -2.08. The van der Waals surface area contributed by atoms with Crippen molar-refractivity contribution < 1.29 is 24.1 Å². The lowest BCUT2D eigenvalue weighted by atomic mass is 10.0. The van der Waals surface area contributed by atoms with Crippen LogP contribution in [0.25, 0.3) is 11.6 Å². The van der Waals surface area contributed by atoms with E-state index in [1.807, 2.05) is 0 Å². The molecule has 0 aliphatic rings. The Bertz CT molecular complexity index is 766. The monoisotopic (exact) mass is 316 g/mol. The van der Waals surface area contributed by atoms with Crippen LogP contribution in [0.1, 0.15) is 23.6 Å². The van der Waals surface area contributed by atoms with E-state index in [0.29, 0.717) is 17.7 Å². The summed E-state index contributed by atoms with van der Waals surface area (Å²) in [6.07, 6.45) is 1.41. The maximum absolute atomic E-state index is 13.7. The van der Waals surface area contributed by atoms with E-state index in [9.17, 15) is 19.4 Å². The fourth-order valence-corrected chi connectivity index (χ4v) is 2.09. The molecule has 0 aromatic heterocycles. The number of hydrogen-bond donors (Lipinski definition) is 2. The molecule has 0 unspecified atom stereocenters. The number of hydrogen-bond acceptors (Lipinski definition) is 3. The molecule has 0 spiro atoms. The van der Waals surface area contributed by atoms with Crippen molar-refractivity contribution in [3.63, 3.8) is 0 Å². The van der Waals surface area contributed by atoms with Crippen molar-refractivity contribution in [1.82, 2.24) is 0 Å². The third-order valence-electron chi connectivity index (χ3n) is 3.31. The molecule has 2 aromatic carbocycles. The Kier molecular flexibility index (Phi) is 5.01. The molecule has 0 fully saturated rings. The number of phenolic OH excluding ortho intramolecular Hbond substituents is 1. The van der Waals surface area contributed by atoms with E-state index in [-0.39, 0.29) is 22.6 Å². The summed E-state index contributed by atoms with van der Waals surface area (Å²) in [6.45, 7) is 3.76. The largest absolute Gasteiger partial charge is 0.504 e. The predicted octanol–water partition coefficient (Wildman–Crippen LogP) is 3.86. The van der Waals surface area contributed by atoms with Crippen LogP contribution in [0.2, 0.25) is 0 Å². The highest BCUT2D eigenvalue weighted by molar-refractivity contribution is 6.20. The number of benzene rings is 2. The van der Waals surface area contributed by atoms with E-state index in [4.69, 9.17) is 4.74 Å². The summed E-state index contributed by atoms with van der Waals surface area (Å²) in [5, 5.41) is 19.1. The van der Waals surface area contributed by atoms with Gasteiger partial charge in [-0.3, -0.25) is 0 Å². The number of halogens is 1. The zero-order valence-corrected chi connectivity index (χ0v) is 12.8. The number of carboxylic acid groups (broad SMARTS) is 1. The fourth-order valence-electron chi connectivity index (χ4n) is 2.09. The number of carbonyl (C=O) groups is 1. The van der Waals surface area contributed by atoms with Crippen LogP contribution in [0.4, 0.5) is 4.39 Å². The van der Waals surface area contributed by atoms with Gasteiger partial charge in [-0.1, -0.05) is 18.2 Å². The number of ether oxygens (including phenoxy) is 1. The Morgan fingerprint density at radius 3 is 2.61 bits per heavy atom. The van der Waals surface area contributed by atoms with Gasteiger partial charge in [0.05, 0.1) is 12.2 Å². The van der Waals surface area contributed by atoms with Gasteiger partial charge in [-0.2, -0.15) is 0 Å². The maximum Gasteiger partial charge on any atom is 0.336 e. The van der Waals surface area contributed by atoms with E-state index in [0.717, 1.165) is 0 Å². The van der Waals surface area contributed by atoms with Gasteiger partial charge in [-0.15, -0.1) is 0 Å². The summed E-state index contributed by atoms with van der Waals surface area (Å²) < 4.78 is 19.0. The normalized spacial score (nSPS) is 11.3. The molecule has 2 aromatic rings. The van der Waals surface area contributed by atoms with Crippen molar-refractivity contribution in [2.24, 2.45) is 0 Å². The van der Waals surface area contributed by atoms with Crippen LogP contribution in [0.5, 0.6) is 11.5 Å². The van der Waals surface area contributed by atoms with Crippen molar-refractivity contribution in [2.45, 2.75) is 13.8 Å². The summed E-state index contributed by atoms with van der Waals surface area (Å²) in [4.78, 5) is 11.5. The number of aliphatic carboxylic acids is 1. The van der Waals surface area contributed by atoms with Crippen LogP contribution in [0.3, 0.4) is 0 Å². The number of phenols is 1. The molecule has 0 saturated heterocycles. The van der Waals surface area contributed by atoms with E-state index < -0.39 is 11.8 Å². The molecule has 0 saturated carbocycles. The minimum Gasteiger partial charge on any atom is -0.504 e. The Morgan fingerprint density at radius 1 is 1.26 bits per heavy atom. The minimum atomic E-state index is -1.17. The summed E-state index contributed by atoms with van der Waals surface area (Å²) in [7, 11) is 0. The first kappa shape index (κ1) is 16.5. The van der Waals surface area contributed by atoms with E-state index in [1.165, 1.54) is 30.3 Å². The quantitative estimate of drug-likeness (QED) is 0.649. The Labute approximate surface area is 133 Å². The minimum absolute atomic E-state index is 0.0257. The summed E-state index contributed by atoms with van der Waals surface area (Å²) in [5.74, 6) is -1.39. The fraction of sp³-hybridized carbons (Fsp3) is 0.167. The van der Waals surface area contributed by atoms with Crippen LogP contribution in [0, 0.1) is 12.7 Å². The second-order valence-electron chi connectivity index (χ2n) is 4.99. The smallest absolute Gasteiger partial charge is 0.336 e. The molecule has 0 aliphatic heterocycles. The topological polar surface area (TPSA) is 66.8 Å². The summed E-state index contributed by atoms with van der Waals surface area (Å²) in [6, 6.07) is 8.80. The lowest BCUT2D eigenvalue weighted by molar-refractivity contribution is -0.130. The molecule has 2 rings (SSSR count). The van der Waals surface area contributed by atoms with Crippen molar-refractivity contribution >= 4 is 17.6 Å². The Morgan fingerprint density at radius 2 is 2.00 bits per heavy atom. The van der Waals surface area contributed by atoms with Gasteiger partial charge in [-0.25, -0.2) is 9.18 Å². The molecule has 2 N–H and O–H groups in total. The van der Waals surface area contributed by atoms with Crippen molar-refractivity contribution in [3.8, 4) is 11.5 Å². The number of rotatable bonds is 5. The van der Waals surface area contributed by atoms with Crippen LogP contribution >= 0.6 is 0 Å². The van der Waals surface area contributed by atoms with Gasteiger partial charge in [0.25, 0.3) is 0 Å². The number of aromatic hydroxyl groups is 1. The Hall–Kier alpha value is -2.82. The molecule has 0 bridgehead atoms. The van der Waals surface area contributed by atoms with Gasteiger partial charge in [0.2, 0.25) is 0 Å². The van der Waals surface area contributed by atoms with Crippen LogP contribution < -0.4 is 4.74 Å². The average molecular weight is 316 g/mol. The standard InChI is InChI=1S/C18H17FO4/c1-3-23-17-9-12(5-7-16(17)20)8-14(18(21)22)13-6-4-11(2)15(19)10-13/h4-10,20H,3H2,1-2H3,(H,21,22)/b14-8-. The van der Waals surface area contributed by atoms with Gasteiger partial charge >= 0.3 is 5.97 Å². The third-order valence-corrected chi connectivity index (χ3v) is 3.31. The van der Waals surface area contributed by atoms with Gasteiger partial charge in [0, 0.05) is 0 Å². The van der Waals surface area contributed by atoms with Gasteiger partial charge < -0.3 is 14.9 Å². The second-order valence-corrected chi connectivity index (χ2v) is 4.99. The molecule has 23 heavy (non-hydrogen) atoms. The Balaban J connectivity index is 2.49. The highest BCUT2D eigenvalue weighted by atomic mass is 19.1. The SMILES string of the molecule is CCOc1cc(/C=C(\C(=O)O)c2ccc(C)c(F)c2)ccc1O. The second kappa shape index (κ2) is 6.96. The number of carboxylic acids is 1. The zero-order valence-electron chi connectivity index (χ0n) is 12.8. The molecule has 120 valence electrons. The van der Waals surface area contributed by atoms with E-state index >= 15 is 0 Å². The maximum atomic E-state index is 13.7. The molecule has 5 heteroatoms. The highest BCUT2D eigenvalue weighted by Crippen LogP contribution is 2.29. The predicted molar refractivity (Wildman–Crippen MR) is 85.9 cm³/mol. The first-order chi connectivity index (χ1) is 10.9. The molecule has 0 atom stereocenters. The molecular weight excluding hydrogens is 299 g/mol. The van der Waals surface area contributed by atoms with Gasteiger partial charge in [-0.05, 0) is 54.8 Å². The van der Waals surface area contributed by atoms with Crippen molar-refractivity contribution in [1.29, 1.82) is 0 Å². The van der Waals surface area contributed by atoms with Gasteiger partial charge in [0.15, 0.2) is 11.5 Å². The van der Waals surface area contributed by atoms with Crippen LogP contribution in [-0.2, 0) is 4.79 Å². The van der Waals surface area contributed by atoms with Gasteiger partial charge in [0.1, 0.15) is 5.82 Å². The molecule has 0 radical (unpaired) electrons. The lowest BCUT2D eigenvalue weighted by Crippen LogP contribution is -2.01. The molecule has 0 aliphatic carbocycles. The van der Waals surface area contributed by atoms with E-state index in [2.05, 4.69) is 0 Å². The van der Waals surface area contributed by atoms with Crippen molar-refractivity contribution in [3.05, 3.63) is 58.9 Å². The average Bonchev–Trinajstić information content (AvgIpc) is 2.51.